The Bertz CT molecular complexity index is 1840. The van der Waals surface area contributed by atoms with Crippen LogP contribution in [-0.2, 0) is 36.8 Å². The second-order valence-corrected chi connectivity index (χ2v) is 13.0. The fourth-order valence-corrected chi connectivity index (χ4v) is 5.94. The SMILES string of the molecule is NC(N)=NCCC[C@@H]1NC(=O)[C@H](Cc2ccc3ccccc3c2)NC(=O)CCNC(=O)[C@@H](Cc2ccc(O)cc2)NC(=O)[C@@H](CCCN=C(N)N)NC1=O. The second kappa shape index (κ2) is 20.0. The highest BCUT2D eigenvalue weighted by Gasteiger charge is 2.32. The molecule has 3 aromatic carbocycles. The number of guanidine groups is 2. The monoisotopic (exact) mass is 743 g/mol. The summed E-state index contributed by atoms with van der Waals surface area (Å²) >= 11 is 0. The average molecular weight is 744 g/mol. The zero-order valence-electron chi connectivity index (χ0n) is 29.9. The molecule has 17 nitrogen and oxygen atoms in total. The summed E-state index contributed by atoms with van der Waals surface area (Å²) < 4.78 is 0. The minimum Gasteiger partial charge on any atom is -0.508 e. The first-order valence-corrected chi connectivity index (χ1v) is 17.7. The van der Waals surface area contributed by atoms with Crippen molar-refractivity contribution in [3.8, 4) is 5.75 Å². The molecule has 54 heavy (non-hydrogen) atoms. The number of aliphatic imine (C=N–C) groups is 2. The molecular formula is C37H49N11O6. The van der Waals surface area contributed by atoms with E-state index >= 15 is 0 Å². The standard InChI is InChI=1S/C37H49N11O6/c38-36(39)43-16-3-7-27-33(52)46-28(8-4-17-44-37(40)41)34(53)48-29(20-22-10-13-26(49)14-11-22)32(51)42-18-15-31(50)45-30(35(54)47-27)21-23-9-12-24-5-1-2-6-25(24)19-23/h1-2,5-6,9-14,19,27-30,49H,3-4,7-8,15-18,20-21H2,(H,42,51)(H,45,50)(H,46,52)(H,47,54)(H,48,53)(H4,38,39,43)(H4,40,41,44)/t27-,28+,29+,30-/m0/s1. The van der Waals surface area contributed by atoms with E-state index < -0.39 is 53.7 Å². The summed E-state index contributed by atoms with van der Waals surface area (Å²) in [7, 11) is 0. The van der Waals surface area contributed by atoms with E-state index in [4.69, 9.17) is 22.9 Å². The molecule has 1 aliphatic heterocycles. The number of carbonyl (C=O) groups excluding carboxylic acids is 5. The second-order valence-electron chi connectivity index (χ2n) is 13.0. The predicted octanol–water partition coefficient (Wildman–Crippen LogP) is -1.10. The van der Waals surface area contributed by atoms with Crippen LogP contribution >= 0.6 is 0 Å². The lowest BCUT2D eigenvalue weighted by Crippen LogP contribution is -2.59. The van der Waals surface area contributed by atoms with Crippen LogP contribution in [0, 0.1) is 0 Å². The number of carbonyl (C=O) groups is 5. The molecule has 3 aromatic rings. The summed E-state index contributed by atoms with van der Waals surface area (Å²) in [6.45, 7) is 0.229. The van der Waals surface area contributed by atoms with Crippen molar-refractivity contribution in [1.29, 1.82) is 0 Å². The van der Waals surface area contributed by atoms with Crippen molar-refractivity contribution in [3.63, 3.8) is 0 Å². The number of nitrogens with zero attached hydrogens (tertiary/aromatic N) is 2. The van der Waals surface area contributed by atoms with E-state index in [0.29, 0.717) is 5.56 Å². The molecule has 14 N–H and O–H groups in total. The zero-order chi connectivity index (χ0) is 39.0. The fraction of sp³-hybridized carbons (Fsp3) is 0.378. The lowest BCUT2D eigenvalue weighted by Gasteiger charge is -2.27. The van der Waals surface area contributed by atoms with Gasteiger partial charge in [-0.05, 0) is 59.7 Å². The maximum Gasteiger partial charge on any atom is 0.243 e. The van der Waals surface area contributed by atoms with E-state index in [1.165, 1.54) is 12.1 Å². The third-order valence-electron chi connectivity index (χ3n) is 8.72. The Hall–Kier alpha value is -6.39. The van der Waals surface area contributed by atoms with Gasteiger partial charge in [-0.3, -0.25) is 34.0 Å². The number of rotatable bonds is 12. The third-order valence-corrected chi connectivity index (χ3v) is 8.72. The van der Waals surface area contributed by atoms with Gasteiger partial charge in [0.15, 0.2) is 11.9 Å². The minimum atomic E-state index is -1.17. The smallest absolute Gasteiger partial charge is 0.243 e. The Labute approximate surface area is 312 Å². The molecule has 1 saturated heterocycles. The molecule has 0 bridgehead atoms. The van der Waals surface area contributed by atoms with Gasteiger partial charge in [-0.2, -0.15) is 0 Å². The van der Waals surface area contributed by atoms with E-state index in [1.807, 2.05) is 42.5 Å². The van der Waals surface area contributed by atoms with Crippen LogP contribution in [0.5, 0.6) is 5.75 Å². The highest BCUT2D eigenvalue weighted by molar-refractivity contribution is 5.96. The maximum absolute atomic E-state index is 14.0. The van der Waals surface area contributed by atoms with Gasteiger partial charge in [0, 0.05) is 38.9 Å². The normalized spacial score (nSPS) is 20.1. The van der Waals surface area contributed by atoms with Crippen LogP contribution in [0.25, 0.3) is 10.8 Å². The Morgan fingerprint density at radius 3 is 1.70 bits per heavy atom. The van der Waals surface area contributed by atoms with Crippen molar-refractivity contribution < 1.29 is 29.1 Å². The first-order valence-electron chi connectivity index (χ1n) is 17.7. The summed E-state index contributed by atoms with van der Waals surface area (Å²) in [4.78, 5) is 76.5. The van der Waals surface area contributed by atoms with Crippen LogP contribution in [-0.4, -0.2) is 90.4 Å². The lowest BCUT2D eigenvalue weighted by atomic mass is 10.00. The number of phenolic OH excluding ortho intramolecular Hbond substituents is 1. The minimum absolute atomic E-state index is 0.0265. The molecule has 5 amide bonds. The molecule has 1 aliphatic rings. The van der Waals surface area contributed by atoms with Gasteiger partial charge in [0.1, 0.15) is 29.9 Å². The van der Waals surface area contributed by atoms with Crippen LogP contribution < -0.4 is 49.5 Å². The van der Waals surface area contributed by atoms with E-state index in [1.54, 1.807) is 12.1 Å². The predicted molar refractivity (Wildman–Crippen MR) is 205 cm³/mol. The molecule has 4 rings (SSSR count). The van der Waals surface area contributed by atoms with E-state index in [2.05, 4.69) is 36.6 Å². The van der Waals surface area contributed by atoms with E-state index in [9.17, 15) is 29.1 Å². The van der Waals surface area contributed by atoms with Crippen LogP contribution in [0.1, 0.15) is 43.2 Å². The van der Waals surface area contributed by atoms with Gasteiger partial charge in [-0.15, -0.1) is 0 Å². The number of phenols is 1. The Morgan fingerprint density at radius 2 is 1.11 bits per heavy atom. The largest absolute Gasteiger partial charge is 0.508 e. The van der Waals surface area contributed by atoms with E-state index in [-0.39, 0.29) is 82.2 Å². The number of hydrogen-bond acceptors (Lipinski definition) is 8. The number of nitrogens with one attached hydrogen (secondary N) is 5. The third kappa shape index (κ3) is 13.0. The lowest BCUT2D eigenvalue weighted by molar-refractivity contribution is -0.135. The summed E-state index contributed by atoms with van der Waals surface area (Å²) in [6, 6.07) is 15.0. The summed E-state index contributed by atoms with van der Waals surface area (Å²) in [5.41, 5.74) is 23.3. The van der Waals surface area contributed by atoms with Crippen LogP contribution in [0.15, 0.2) is 76.7 Å². The molecule has 4 atom stereocenters. The first kappa shape index (κ1) is 40.4. The van der Waals surface area contributed by atoms with Gasteiger partial charge in [0.2, 0.25) is 29.5 Å². The molecule has 0 radical (unpaired) electrons. The molecule has 1 fully saturated rings. The fourth-order valence-electron chi connectivity index (χ4n) is 5.94. The number of amides is 5. The quantitative estimate of drug-likeness (QED) is 0.0607. The molecule has 0 saturated carbocycles. The van der Waals surface area contributed by atoms with Crippen molar-refractivity contribution in [3.05, 3.63) is 77.9 Å². The summed E-state index contributed by atoms with van der Waals surface area (Å²) in [6.07, 6.45) is 0.692. The molecule has 288 valence electrons. The zero-order valence-corrected chi connectivity index (χ0v) is 29.9. The van der Waals surface area contributed by atoms with Crippen molar-refractivity contribution in [2.45, 2.75) is 69.1 Å². The van der Waals surface area contributed by atoms with Crippen molar-refractivity contribution in [1.82, 2.24) is 26.6 Å². The van der Waals surface area contributed by atoms with Gasteiger partial charge in [0.05, 0.1) is 0 Å². The van der Waals surface area contributed by atoms with Gasteiger partial charge >= 0.3 is 0 Å². The van der Waals surface area contributed by atoms with Crippen LogP contribution in [0.4, 0.5) is 0 Å². The Balaban J connectivity index is 1.66. The molecule has 0 unspecified atom stereocenters. The number of nitrogens with two attached hydrogens (primary N) is 4. The molecule has 0 aromatic heterocycles. The van der Waals surface area contributed by atoms with Crippen molar-refractivity contribution in [2.24, 2.45) is 32.9 Å². The molecule has 17 heteroatoms. The number of benzene rings is 3. The van der Waals surface area contributed by atoms with Crippen LogP contribution in [0.2, 0.25) is 0 Å². The molecule has 0 spiro atoms. The topological polar surface area (TPSA) is 295 Å². The highest BCUT2D eigenvalue weighted by atomic mass is 16.3. The molecule has 0 aliphatic carbocycles. The van der Waals surface area contributed by atoms with Gasteiger partial charge < -0.3 is 54.6 Å². The summed E-state index contributed by atoms with van der Waals surface area (Å²) in [5, 5.41) is 25.4. The number of hydrogen-bond donors (Lipinski definition) is 10. The summed E-state index contributed by atoms with van der Waals surface area (Å²) in [5.74, 6) is -3.32. The van der Waals surface area contributed by atoms with Crippen molar-refractivity contribution >= 4 is 52.2 Å². The van der Waals surface area contributed by atoms with Crippen molar-refractivity contribution in [2.75, 3.05) is 19.6 Å². The van der Waals surface area contributed by atoms with Crippen LogP contribution in [0.3, 0.4) is 0 Å². The highest BCUT2D eigenvalue weighted by Crippen LogP contribution is 2.17. The Kier molecular flexibility index (Phi) is 15.0. The Morgan fingerprint density at radius 1 is 0.611 bits per heavy atom. The number of fused-ring (bicyclic) bond motifs is 1. The maximum atomic E-state index is 14.0. The molecule has 1 heterocycles. The molecular weight excluding hydrogens is 694 g/mol. The van der Waals surface area contributed by atoms with Gasteiger partial charge in [0.25, 0.3) is 0 Å². The van der Waals surface area contributed by atoms with Gasteiger partial charge in [-0.1, -0.05) is 54.6 Å². The number of aromatic hydroxyl groups is 1. The van der Waals surface area contributed by atoms with E-state index in [0.717, 1.165) is 16.3 Å². The first-order chi connectivity index (χ1) is 25.9. The average Bonchev–Trinajstić information content (AvgIpc) is 3.13. The van der Waals surface area contributed by atoms with Gasteiger partial charge in [-0.25, -0.2) is 0 Å².